The Morgan fingerprint density at radius 3 is 2.74 bits per heavy atom. The molecule has 8 nitrogen and oxygen atoms in total. The maximum atomic E-state index is 9.28. The topological polar surface area (TPSA) is 90.3 Å². The quantitative estimate of drug-likeness (QED) is 0.501. The number of anilines is 2. The second-order valence-corrected chi connectivity index (χ2v) is 10.1. The smallest absolute Gasteiger partial charge is 0.229 e. The number of aliphatic hydroxyl groups excluding tert-OH is 1. The molecule has 0 radical (unpaired) electrons. The fraction of sp³-hybridized carbons (Fsp3) is 0.500. The van der Waals surface area contributed by atoms with E-state index in [-0.39, 0.29) is 12.6 Å². The lowest BCUT2D eigenvalue weighted by Crippen LogP contribution is -2.54. The first-order valence-corrected chi connectivity index (χ1v) is 12.6. The first kappa shape index (κ1) is 23.5. The number of benzene rings is 1. The predicted molar refractivity (Wildman–Crippen MR) is 136 cm³/mol. The molecule has 2 fully saturated rings. The van der Waals surface area contributed by atoms with Gasteiger partial charge < -0.3 is 20.2 Å². The van der Waals surface area contributed by atoms with Gasteiger partial charge in [0.25, 0.3) is 0 Å². The third kappa shape index (κ3) is 4.91. The molecule has 0 bridgehead atoms. The van der Waals surface area contributed by atoms with Crippen LogP contribution >= 0.6 is 23.2 Å². The summed E-state index contributed by atoms with van der Waals surface area (Å²) in [6.07, 6.45) is 5.75. The zero-order valence-corrected chi connectivity index (χ0v) is 20.7. The molecule has 2 aromatic heterocycles. The van der Waals surface area contributed by atoms with Crippen molar-refractivity contribution in [3.8, 4) is 0 Å². The molecule has 0 spiro atoms. The lowest BCUT2D eigenvalue weighted by atomic mass is 9.81. The highest BCUT2D eigenvalue weighted by atomic mass is 35.5. The normalized spacial score (nSPS) is 20.4. The van der Waals surface area contributed by atoms with Gasteiger partial charge in [-0.05, 0) is 55.8 Å². The Morgan fingerprint density at radius 1 is 1.12 bits per heavy atom. The molecule has 2 N–H and O–H groups in total. The van der Waals surface area contributed by atoms with Gasteiger partial charge in [0, 0.05) is 48.6 Å². The van der Waals surface area contributed by atoms with E-state index in [2.05, 4.69) is 25.1 Å². The number of rotatable bonds is 7. The van der Waals surface area contributed by atoms with Gasteiger partial charge in [-0.15, -0.1) is 0 Å². The molecule has 0 aliphatic carbocycles. The van der Waals surface area contributed by atoms with Crippen LogP contribution in [0.4, 0.5) is 11.8 Å². The first-order chi connectivity index (χ1) is 16.5. The van der Waals surface area contributed by atoms with Crippen LogP contribution in [0.2, 0.25) is 10.0 Å². The number of hydrogen-bond donors (Lipinski definition) is 2. The van der Waals surface area contributed by atoms with Gasteiger partial charge in [-0.25, -0.2) is 9.97 Å². The molecule has 4 heterocycles. The van der Waals surface area contributed by atoms with Crippen LogP contribution in [0.3, 0.4) is 0 Å². The van der Waals surface area contributed by atoms with E-state index < -0.39 is 0 Å². The van der Waals surface area contributed by atoms with Crippen molar-refractivity contribution in [3.05, 3.63) is 46.2 Å². The van der Waals surface area contributed by atoms with Gasteiger partial charge in [0.2, 0.25) is 5.95 Å². The second-order valence-electron chi connectivity index (χ2n) is 9.22. The SMILES string of the molecule is C[C@@H](Nc1nc(N2CC([C@H]3CCCN(CCO)C3)C2)nc2nccnc12)c1ccc(Cl)cc1Cl. The minimum atomic E-state index is -0.110. The lowest BCUT2D eigenvalue weighted by Gasteiger charge is -2.46. The summed E-state index contributed by atoms with van der Waals surface area (Å²) in [7, 11) is 0. The molecule has 0 unspecified atom stereocenters. The number of aromatic nitrogens is 4. The van der Waals surface area contributed by atoms with Crippen LogP contribution in [0.25, 0.3) is 11.2 Å². The highest BCUT2D eigenvalue weighted by Crippen LogP contribution is 2.35. The van der Waals surface area contributed by atoms with Crippen LogP contribution in [0.1, 0.15) is 31.4 Å². The summed E-state index contributed by atoms with van der Waals surface area (Å²) in [5, 5.41) is 14.0. The third-order valence-electron chi connectivity index (χ3n) is 6.92. The van der Waals surface area contributed by atoms with Crippen LogP contribution in [0.15, 0.2) is 30.6 Å². The monoisotopic (exact) mass is 501 g/mol. The molecule has 2 atom stereocenters. The number of likely N-dealkylation sites (tertiary alicyclic amines) is 1. The minimum absolute atomic E-state index is 0.110. The van der Waals surface area contributed by atoms with Crippen molar-refractivity contribution >= 4 is 46.1 Å². The molecule has 180 valence electrons. The van der Waals surface area contributed by atoms with E-state index in [1.54, 1.807) is 18.5 Å². The Hall–Kier alpha value is -2.26. The largest absolute Gasteiger partial charge is 0.395 e. The summed E-state index contributed by atoms with van der Waals surface area (Å²) in [5.41, 5.74) is 2.13. The molecular weight excluding hydrogens is 473 g/mol. The van der Waals surface area contributed by atoms with Crippen LogP contribution in [0.5, 0.6) is 0 Å². The molecule has 2 saturated heterocycles. The maximum absolute atomic E-state index is 9.28. The van der Waals surface area contributed by atoms with E-state index in [0.717, 1.165) is 38.3 Å². The Balaban J connectivity index is 1.33. The standard InChI is InChI=1S/C24H29Cl2N7O/c1-15(19-5-4-18(25)11-20(19)26)29-23-21-22(28-7-6-27-21)30-24(31-23)33-13-17(14-33)16-3-2-8-32(12-16)9-10-34/h4-7,11,15-17,34H,2-3,8-10,12-14H2,1H3,(H,28,29,30,31)/t15-,16+/m1/s1. The molecule has 2 aliphatic heterocycles. The van der Waals surface area contributed by atoms with Crippen LogP contribution in [-0.2, 0) is 0 Å². The van der Waals surface area contributed by atoms with Crippen molar-refractivity contribution in [2.24, 2.45) is 11.8 Å². The summed E-state index contributed by atoms with van der Waals surface area (Å²) < 4.78 is 0. The summed E-state index contributed by atoms with van der Waals surface area (Å²) in [6.45, 7) is 7.04. The molecule has 34 heavy (non-hydrogen) atoms. The molecular formula is C24H29Cl2N7O. The van der Waals surface area contributed by atoms with E-state index in [9.17, 15) is 5.11 Å². The van der Waals surface area contributed by atoms with Gasteiger partial charge in [0.1, 0.15) is 0 Å². The van der Waals surface area contributed by atoms with Gasteiger partial charge in [-0.1, -0.05) is 29.3 Å². The predicted octanol–water partition coefficient (Wildman–Crippen LogP) is 4.04. The molecule has 0 amide bonds. The van der Waals surface area contributed by atoms with Gasteiger partial charge in [-0.2, -0.15) is 9.97 Å². The molecule has 5 rings (SSSR count). The third-order valence-corrected chi connectivity index (χ3v) is 7.48. The highest BCUT2D eigenvalue weighted by Gasteiger charge is 2.37. The summed E-state index contributed by atoms with van der Waals surface area (Å²) in [4.78, 5) is 23.1. The Kier molecular flexibility index (Phi) is 7.01. The zero-order chi connectivity index (χ0) is 23.7. The number of aliphatic hydroxyl groups is 1. The number of nitrogens with zero attached hydrogens (tertiary/aromatic N) is 6. The Labute approximate surface area is 209 Å². The van der Waals surface area contributed by atoms with Gasteiger partial charge in [-0.3, -0.25) is 0 Å². The Bertz CT molecular complexity index is 1160. The van der Waals surface area contributed by atoms with Gasteiger partial charge >= 0.3 is 0 Å². The number of halogens is 2. The van der Waals surface area contributed by atoms with Crippen molar-refractivity contribution in [2.75, 3.05) is 49.5 Å². The summed E-state index contributed by atoms with van der Waals surface area (Å²) in [6, 6.07) is 5.38. The summed E-state index contributed by atoms with van der Waals surface area (Å²) >= 11 is 12.5. The maximum Gasteiger partial charge on any atom is 0.229 e. The molecule has 10 heteroatoms. The van der Waals surface area contributed by atoms with E-state index in [4.69, 9.17) is 33.2 Å². The van der Waals surface area contributed by atoms with Gasteiger partial charge in [0.05, 0.1) is 12.6 Å². The lowest BCUT2D eigenvalue weighted by molar-refractivity contribution is 0.101. The average Bonchev–Trinajstić information content (AvgIpc) is 2.78. The molecule has 2 aliphatic rings. The van der Waals surface area contributed by atoms with Crippen LogP contribution < -0.4 is 10.2 Å². The fourth-order valence-electron chi connectivity index (χ4n) is 5.02. The fourth-order valence-corrected chi connectivity index (χ4v) is 5.60. The molecule has 3 aromatic rings. The van der Waals surface area contributed by atoms with Crippen molar-refractivity contribution in [2.45, 2.75) is 25.8 Å². The highest BCUT2D eigenvalue weighted by molar-refractivity contribution is 6.35. The molecule has 0 saturated carbocycles. The number of nitrogens with one attached hydrogen (secondary N) is 1. The first-order valence-electron chi connectivity index (χ1n) is 11.8. The number of fused-ring (bicyclic) bond motifs is 1. The summed E-state index contributed by atoms with van der Waals surface area (Å²) in [5.74, 6) is 2.58. The van der Waals surface area contributed by atoms with E-state index in [1.807, 2.05) is 19.1 Å². The van der Waals surface area contributed by atoms with Crippen LogP contribution in [-0.4, -0.2) is 69.3 Å². The minimum Gasteiger partial charge on any atom is -0.395 e. The van der Waals surface area contributed by atoms with E-state index >= 15 is 0 Å². The van der Waals surface area contributed by atoms with E-state index in [0.29, 0.717) is 44.8 Å². The number of hydrogen-bond acceptors (Lipinski definition) is 8. The zero-order valence-electron chi connectivity index (χ0n) is 19.2. The number of β-amino-alcohol motifs (C(OH)–C–C–N with tert-alkyl or cyclic N) is 1. The van der Waals surface area contributed by atoms with Crippen molar-refractivity contribution in [1.82, 2.24) is 24.8 Å². The van der Waals surface area contributed by atoms with Crippen LogP contribution in [0, 0.1) is 11.8 Å². The van der Waals surface area contributed by atoms with Crippen molar-refractivity contribution in [3.63, 3.8) is 0 Å². The van der Waals surface area contributed by atoms with Crippen molar-refractivity contribution < 1.29 is 5.11 Å². The Morgan fingerprint density at radius 2 is 1.94 bits per heavy atom. The second kappa shape index (κ2) is 10.2. The van der Waals surface area contributed by atoms with Gasteiger partial charge in [0.15, 0.2) is 17.0 Å². The van der Waals surface area contributed by atoms with E-state index in [1.165, 1.54) is 12.8 Å². The number of piperidine rings is 1. The molecule has 1 aromatic carbocycles. The average molecular weight is 502 g/mol. The van der Waals surface area contributed by atoms with Crippen molar-refractivity contribution in [1.29, 1.82) is 0 Å².